The Bertz CT molecular complexity index is 1000. The molecule has 0 aliphatic heterocycles. The summed E-state index contributed by atoms with van der Waals surface area (Å²) in [6.07, 6.45) is 4.90. The SMILES string of the molecule is Cc1cc(-c2cccc(Cl)c2)cc(C(=O)NNS(=O)(=O)CC2CCCCC2)c1F. The van der Waals surface area contributed by atoms with E-state index in [1.165, 1.54) is 6.07 Å². The first kappa shape index (κ1) is 21.7. The number of amides is 1. The van der Waals surface area contributed by atoms with Crippen LogP contribution in [0.15, 0.2) is 36.4 Å². The van der Waals surface area contributed by atoms with Gasteiger partial charge in [0.25, 0.3) is 5.91 Å². The van der Waals surface area contributed by atoms with E-state index < -0.39 is 21.7 Å². The fourth-order valence-electron chi connectivity index (χ4n) is 3.67. The summed E-state index contributed by atoms with van der Waals surface area (Å²) in [7, 11) is -3.70. The quantitative estimate of drug-likeness (QED) is 0.647. The molecule has 0 radical (unpaired) electrons. The van der Waals surface area contributed by atoms with Crippen LogP contribution in [0.3, 0.4) is 0 Å². The Morgan fingerprint density at radius 1 is 1.14 bits per heavy atom. The maximum absolute atomic E-state index is 14.6. The molecule has 0 heterocycles. The maximum Gasteiger partial charge on any atom is 0.269 e. The molecular weight excluding hydrogens is 415 g/mol. The highest BCUT2D eigenvalue weighted by molar-refractivity contribution is 7.89. The minimum Gasteiger partial charge on any atom is -0.274 e. The van der Waals surface area contributed by atoms with Crippen LogP contribution in [0.4, 0.5) is 4.39 Å². The fourth-order valence-corrected chi connectivity index (χ4v) is 5.14. The summed E-state index contributed by atoms with van der Waals surface area (Å²) in [5, 5.41) is 0.519. The summed E-state index contributed by atoms with van der Waals surface area (Å²) in [6, 6.07) is 9.99. The lowest BCUT2D eigenvalue weighted by molar-refractivity contribution is 0.0940. The largest absolute Gasteiger partial charge is 0.274 e. The molecule has 0 unspecified atom stereocenters. The van der Waals surface area contributed by atoms with Gasteiger partial charge in [0.05, 0.1) is 11.3 Å². The molecule has 0 bridgehead atoms. The zero-order valence-corrected chi connectivity index (χ0v) is 17.7. The molecule has 2 aromatic carbocycles. The summed E-state index contributed by atoms with van der Waals surface area (Å²) in [5.74, 6) is -1.50. The molecule has 0 saturated heterocycles. The average Bonchev–Trinajstić information content (AvgIpc) is 2.68. The minimum atomic E-state index is -3.70. The van der Waals surface area contributed by atoms with Crippen LogP contribution in [-0.4, -0.2) is 20.1 Å². The number of hydrazine groups is 1. The number of carbonyl (C=O) groups is 1. The van der Waals surface area contributed by atoms with Crippen LogP contribution >= 0.6 is 11.6 Å². The molecule has 1 amide bonds. The monoisotopic (exact) mass is 438 g/mol. The number of benzene rings is 2. The zero-order chi connectivity index (χ0) is 21.0. The Hall–Kier alpha value is -1.96. The van der Waals surface area contributed by atoms with Gasteiger partial charge < -0.3 is 0 Å². The highest BCUT2D eigenvalue weighted by Crippen LogP contribution is 2.27. The van der Waals surface area contributed by atoms with Gasteiger partial charge in [0.15, 0.2) is 0 Å². The highest BCUT2D eigenvalue weighted by Gasteiger charge is 2.23. The van der Waals surface area contributed by atoms with E-state index in [0.717, 1.165) is 37.7 Å². The second-order valence-corrected chi connectivity index (χ2v) is 9.71. The Morgan fingerprint density at radius 2 is 1.86 bits per heavy atom. The van der Waals surface area contributed by atoms with E-state index >= 15 is 0 Å². The van der Waals surface area contributed by atoms with Gasteiger partial charge in [0, 0.05) is 5.02 Å². The minimum absolute atomic E-state index is 0.0443. The van der Waals surface area contributed by atoms with Crippen molar-refractivity contribution in [3.63, 3.8) is 0 Å². The van der Waals surface area contributed by atoms with Gasteiger partial charge in [0.1, 0.15) is 5.82 Å². The van der Waals surface area contributed by atoms with E-state index in [9.17, 15) is 17.6 Å². The molecule has 2 aromatic rings. The molecule has 0 aromatic heterocycles. The Kier molecular flexibility index (Phi) is 6.93. The van der Waals surface area contributed by atoms with Gasteiger partial charge in [-0.05, 0) is 66.6 Å². The lowest BCUT2D eigenvalue weighted by atomic mass is 9.91. The first-order valence-electron chi connectivity index (χ1n) is 9.61. The molecule has 0 atom stereocenters. The lowest BCUT2D eigenvalue weighted by Gasteiger charge is -2.21. The van der Waals surface area contributed by atoms with Crippen LogP contribution in [0.25, 0.3) is 11.1 Å². The number of sulfonamides is 1. The summed E-state index contributed by atoms with van der Waals surface area (Å²) < 4.78 is 39.1. The topological polar surface area (TPSA) is 75.3 Å². The van der Waals surface area contributed by atoms with Crippen LogP contribution in [-0.2, 0) is 10.0 Å². The Morgan fingerprint density at radius 3 is 2.55 bits per heavy atom. The molecule has 5 nitrogen and oxygen atoms in total. The van der Waals surface area contributed by atoms with Gasteiger partial charge in [-0.25, -0.2) is 12.8 Å². The van der Waals surface area contributed by atoms with E-state index in [1.54, 1.807) is 37.3 Å². The average molecular weight is 439 g/mol. The van der Waals surface area contributed by atoms with Crippen molar-refractivity contribution in [3.05, 3.63) is 58.4 Å². The van der Waals surface area contributed by atoms with Gasteiger partial charge in [-0.1, -0.05) is 43.0 Å². The first-order chi connectivity index (χ1) is 13.7. The summed E-state index contributed by atoms with van der Waals surface area (Å²) >= 11 is 6.02. The summed E-state index contributed by atoms with van der Waals surface area (Å²) in [5.41, 5.74) is 3.53. The third kappa shape index (κ3) is 5.78. The van der Waals surface area contributed by atoms with Gasteiger partial charge in [-0.3, -0.25) is 10.2 Å². The predicted octanol–water partition coefficient (Wildman–Crippen LogP) is 4.60. The molecule has 1 aliphatic rings. The number of rotatable bonds is 6. The molecule has 156 valence electrons. The Balaban J connectivity index is 1.74. The van der Waals surface area contributed by atoms with Gasteiger partial charge in [-0.2, -0.15) is 0 Å². The summed E-state index contributed by atoms with van der Waals surface area (Å²) in [6.45, 7) is 1.55. The van der Waals surface area contributed by atoms with E-state index in [2.05, 4.69) is 10.3 Å². The maximum atomic E-state index is 14.6. The van der Waals surface area contributed by atoms with Crippen LogP contribution < -0.4 is 10.3 Å². The van der Waals surface area contributed by atoms with Crippen molar-refractivity contribution >= 4 is 27.5 Å². The molecule has 1 aliphatic carbocycles. The molecule has 0 spiro atoms. The molecule has 2 N–H and O–H groups in total. The normalized spacial score (nSPS) is 15.3. The van der Waals surface area contributed by atoms with Gasteiger partial charge >= 0.3 is 0 Å². The van der Waals surface area contributed by atoms with Crippen molar-refractivity contribution < 1.29 is 17.6 Å². The number of aryl methyl sites for hydroxylation is 1. The molecule has 8 heteroatoms. The number of hydrogen-bond acceptors (Lipinski definition) is 3. The number of hydrogen-bond donors (Lipinski definition) is 2. The third-order valence-corrected chi connectivity index (χ3v) is 6.72. The van der Waals surface area contributed by atoms with Crippen molar-refractivity contribution in [3.8, 4) is 11.1 Å². The van der Waals surface area contributed by atoms with E-state index in [-0.39, 0.29) is 22.8 Å². The number of halogens is 2. The van der Waals surface area contributed by atoms with Crippen LogP contribution in [0, 0.1) is 18.7 Å². The molecule has 1 fully saturated rings. The van der Waals surface area contributed by atoms with Gasteiger partial charge in [0.2, 0.25) is 10.0 Å². The molecule has 1 saturated carbocycles. The van der Waals surface area contributed by atoms with Crippen LogP contribution in [0.2, 0.25) is 5.02 Å². The number of nitrogens with one attached hydrogen (secondary N) is 2. The molecular formula is C21H24ClFN2O3S. The Labute approximate surface area is 175 Å². The van der Waals surface area contributed by atoms with Crippen molar-refractivity contribution in [1.29, 1.82) is 0 Å². The van der Waals surface area contributed by atoms with Crippen molar-refractivity contribution in [2.24, 2.45) is 5.92 Å². The smallest absolute Gasteiger partial charge is 0.269 e. The summed E-state index contributed by atoms with van der Waals surface area (Å²) in [4.78, 5) is 14.6. The standard InChI is InChI=1S/C21H24ClFN2O3S/c1-14-10-17(16-8-5-9-18(22)11-16)12-19(20(14)23)21(26)24-25-29(27,28)13-15-6-3-2-4-7-15/h5,8-12,15,25H,2-4,6-7,13H2,1H3,(H,24,26). The number of carbonyl (C=O) groups excluding carboxylic acids is 1. The van der Waals surface area contributed by atoms with Crippen LogP contribution in [0.1, 0.15) is 48.0 Å². The van der Waals surface area contributed by atoms with Crippen molar-refractivity contribution in [1.82, 2.24) is 10.3 Å². The van der Waals surface area contributed by atoms with E-state index in [0.29, 0.717) is 10.6 Å². The third-order valence-electron chi connectivity index (χ3n) is 5.16. The van der Waals surface area contributed by atoms with E-state index in [1.807, 2.05) is 0 Å². The molecule has 29 heavy (non-hydrogen) atoms. The van der Waals surface area contributed by atoms with E-state index in [4.69, 9.17) is 11.6 Å². The van der Waals surface area contributed by atoms with Crippen molar-refractivity contribution in [2.75, 3.05) is 5.75 Å². The highest BCUT2D eigenvalue weighted by atomic mass is 35.5. The predicted molar refractivity (Wildman–Crippen MR) is 113 cm³/mol. The first-order valence-corrected chi connectivity index (χ1v) is 11.6. The van der Waals surface area contributed by atoms with Gasteiger partial charge in [-0.15, -0.1) is 4.83 Å². The fraction of sp³-hybridized carbons (Fsp3) is 0.381. The van der Waals surface area contributed by atoms with Crippen molar-refractivity contribution in [2.45, 2.75) is 39.0 Å². The molecule has 3 rings (SSSR count). The zero-order valence-electron chi connectivity index (χ0n) is 16.2. The lowest BCUT2D eigenvalue weighted by Crippen LogP contribution is -2.44. The second-order valence-electron chi connectivity index (χ2n) is 7.51. The van der Waals surface area contributed by atoms with Crippen LogP contribution in [0.5, 0.6) is 0 Å². The second kappa shape index (κ2) is 9.24.